The van der Waals surface area contributed by atoms with E-state index in [1.54, 1.807) is 27.7 Å². The fourth-order valence-electron chi connectivity index (χ4n) is 2.75. The predicted octanol–water partition coefficient (Wildman–Crippen LogP) is -2.40. The van der Waals surface area contributed by atoms with Crippen LogP contribution < -0.4 is 33.2 Å². The Hall–Kier alpha value is -2.93. The number of carbonyl (C=O) groups is 4. The van der Waals surface area contributed by atoms with E-state index in [0.717, 1.165) is 0 Å². The molecule has 0 aliphatic rings. The monoisotopic (exact) mass is 473 g/mol. The number of aliphatic hydroxyl groups is 1. The standard InChI is InChI=1S/C20H39N7O6/c1-5-11(4)15(19(32)33)27-16(29)12(7-6-8-24-20(22)23)25-17(30)13(9-28)26-18(31)14(21)10(2)3/h10-15,28H,5-9,21H2,1-4H3,(H,25,30)(H,26,31)(H,27,29)(H,32,33)(H4,22,23,24). The summed E-state index contributed by atoms with van der Waals surface area (Å²) in [7, 11) is 0. The second-order valence-corrected chi connectivity index (χ2v) is 8.23. The zero-order chi connectivity index (χ0) is 25.7. The maximum Gasteiger partial charge on any atom is 0.326 e. The molecule has 0 aliphatic carbocycles. The fourth-order valence-corrected chi connectivity index (χ4v) is 2.75. The number of carboxylic acid groups (broad SMARTS) is 1. The zero-order valence-electron chi connectivity index (χ0n) is 19.7. The van der Waals surface area contributed by atoms with Crippen molar-refractivity contribution < 1.29 is 29.4 Å². The van der Waals surface area contributed by atoms with Crippen LogP contribution in [-0.4, -0.2) is 77.2 Å². The Labute approximate surface area is 193 Å². The minimum Gasteiger partial charge on any atom is -0.480 e. The van der Waals surface area contributed by atoms with Gasteiger partial charge in [-0.1, -0.05) is 34.1 Å². The molecule has 11 N–H and O–H groups in total. The molecule has 0 saturated carbocycles. The molecule has 190 valence electrons. The number of nitrogens with two attached hydrogens (primary N) is 3. The third kappa shape index (κ3) is 11.0. The molecular formula is C20H39N7O6. The number of aliphatic carboxylic acids is 1. The molecule has 33 heavy (non-hydrogen) atoms. The van der Waals surface area contributed by atoms with Crippen LogP contribution in [0.5, 0.6) is 0 Å². The molecule has 0 rings (SSSR count). The molecule has 0 aromatic heterocycles. The highest BCUT2D eigenvalue weighted by Gasteiger charge is 2.31. The lowest BCUT2D eigenvalue weighted by molar-refractivity contribution is -0.144. The summed E-state index contributed by atoms with van der Waals surface area (Å²) in [4.78, 5) is 53.1. The van der Waals surface area contributed by atoms with Crippen LogP contribution in [0.2, 0.25) is 0 Å². The van der Waals surface area contributed by atoms with Gasteiger partial charge in [0, 0.05) is 6.54 Å². The van der Waals surface area contributed by atoms with E-state index >= 15 is 0 Å². The quantitative estimate of drug-likeness (QED) is 0.0717. The van der Waals surface area contributed by atoms with E-state index in [1.165, 1.54) is 0 Å². The summed E-state index contributed by atoms with van der Waals surface area (Å²) < 4.78 is 0. The van der Waals surface area contributed by atoms with E-state index < -0.39 is 54.5 Å². The largest absolute Gasteiger partial charge is 0.480 e. The molecule has 0 heterocycles. The Morgan fingerprint density at radius 2 is 1.48 bits per heavy atom. The maximum absolute atomic E-state index is 12.8. The van der Waals surface area contributed by atoms with Crippen molar-refractivity contribution in [1.29, 1.82) is 0 Å². The lowest BCUT2D eigenvalue weighted by Gasteiger charge is -2.26. The topological polar surface area (TPSA) is 235 Å². The van der Waals surface area contributed by atoms with Crippen LogP contribution in [-0.2, 0) is 19.2 Å². The average molecular weight is 474 g/mol. The van der Waals surface area contributed by atoms with E-state index in [9.17, 15) is 29.4 Å². The molecule has 13 nitrogen and oxygen atoms in total. The van der Waals surface area contributed by atoms with Crippen LogP contribution in [0.4, 0.5) is 0 Å². The van der Waals surface area contributed by atoms with E-state index in [4.69, 9.17) is 17.2 Å². The molecular weight excluding hydrogens is 434 g/mol. The van der Waals surface area contributed by atoms with E-state index in [0.29, 0.717) is 12.8 Å². The van der Waals surface area contributed by atoms with Gasteiger partial charge in [0.2, 0.25) is 17.7 Å². The van der Waals surface area contributed by atoms with E-state index in [1.807, 2.05) is 0 Å². The summed E-state index contributed by atoms with van der Waals surface area (Å²) in [5.41, 5.74) is 16.3. The first kappa shape index (κ1) is 30.1. The van der Waals surface area contributed by atoms with Crippen LogP contribution in [0.25, 0.3) is 0 Å². The highest BCUT2D eigenvalue weighted by atomic mass is 16.4. The third-order valence-electron chi connectivity index (χ3n) is 5.19. The smallest absolute Gasteiger partial charge is 0.326 e. The summed E-state index contributed by atoms with van der Waals surface area (Å²) in [5, 5.41) is 26.3. The minimum absolute atomic E-state index is 0.0821. The van der Waals surface area contributed by atoms with Crippen molar-refractivity contribution in [2.75, 3.05) is 13.2 Å². The highest BCUT2D eigenvalue weighted by Crippen LogP contribution is 2.09. The van der Waals surface area contributed by atoms with Gasteiger partial charge in [-0.25, -0.2) is 4.79 Å². The van der Waals surface area contributed by atoms with Crippen molar-refractivity contribution in [1.82, 2.24) is 16.0 Å². The first-order valence-corrected chi connectivity index (χ1v) is 10.9. The third-order valence-corrected chi connectivity index (χ3v) is 5.19. The van der Waals surface area contributed by atoms with Gasteiger partial charge in [0.25, 0.3) is 0 Å². The zero-order valence-corrected chi connectivity index (χ0v) is 19.7. The van der Waals surface area contributed by atoms with Gasteiger partial charge in [-0.05, 0) is 24.7 Å². The summed E-state index contributed by atoms with van der Waals surface area (Å²) in [6, 6.07) is -4.54. The fraction of sp³-hybridized carbons (Fsp3) is 0.750. The molecule has 0 radical (unpaired) electrons. The number of aliphatic imine (C=N–C) groups is 1. The molecule has 0 aromatic carbocycles. The molecule has 5 atom stereocenters. The Kier molecular flexibility index (Phi) is 13.7. The molecule has 0 saturated heterocycles. The lowest BCUT2D eigenvalue weighted by Crippen LogP contribution is -2.59. The number of guanidine groups is 1. The summed E-state index contributed by atoms with van der Waals surface area (Å²) in [6.45, 7) is 6.38. The van der Waals surface area contributed by atoms with Crippen LogP contribution >= 0.6 is 0 Å². The molecule has 0 bridgehead atoms. The summed E-state index contributed by atoms with van der Waals surface area (Å²) in [5.74, 6) is -4.06. The number of carboxylic acids is 1. The van der Waals surface area contributed by atoms with Gasteiger partial charge < -0.3 is 43.4 Å². The number of rotatable bonds is 15. The van der Waals surface area contributed by atoms with Gasteiger partial charge in [0.05, 0.1) is 12.6 Å². The molecule has 13 heteroatoms. The van der Waals surface area contributed by atoms with Gasteiger partial charge in [-0.2, -0.15) is 0 Å². The normalized spacial score (nSPS) is 15.5. The Bertz CT molecular complexity index is 696. The summed E-state index contributed by atoms with van der Waals surface area (Å²) >= 11 is 0. The number of hydrogen-bond donors (Lipinski definition) is 8. The van der Waals surface area contributed by atoms with Gasteiger partial charge in [0.1, 0.15) is 18.1 Å². The first-order valence-electron chi connectivity index (χ1n) is 10.9. The first-order chi connectivity index (χ1) is 15.3. The maximum atomic E-state index is 12.8. The van der Waals surface area contributed by atoms with Crippen molar-refractivity contribution in [2.24, 2.45) is 34.0 Å². The van der Waals surface area contributed by atoms with Gasteiger partial charge in [-0.3, -0.25) is 19.4 Å². The van der Waals surface area contributed by atoms with Gasteiger partial charge in [0.15, 0.2) is 5.96 Å². The number of hydrogen-bond acceptors (Lipinski definition) is 7. The van der Waals surface area contributed by atoms with Crippen molar-refractivity contribution in [3.8, 4) is 0 Å². The minimum atomic E-state index is -1.35. The molecule has 0 fully saturated rings. The number of aliphatic hydroxyl groups excluding tert-OH is 1. The highest BCUT2D eigenvalue weighted by molar-refractivity contribution is 5.94. The molecule has 3 amide bonds. The SMILES string of the molecule is CCC(C)C(NC(=O)C(CCCN=C(N)N)NC(=O)C(CO)NC(=O)C(N)C(C)C)C(=O)O. The Balaban J connectivity index is 5.46. The number of carbonyl (C=O) groups excluding carboxylic acids is 3. The number of amides is 3. The van der Waals surface area contributed by atoms with Gasteiger partial charge in [-0.15, -0.1) is 0 Å². The lowest BCUT2D eigenvalue weighted by atomic mass is 9.98. The number of nitrogens with one attached hydrogen (secondary N) is 3. The van der Waals surface area contributed by atoms with Crippen LogP contribution in [0.3, 0.4) is 0 Å². The molecule has 5 unspecified atom stereocenters. The van der Waals surface area contributed by atoms with Crippen LogP contribution in [0.1, 0.15) is 47.0 Å². The second-order valence-electron chi connectivity index (χ2n) is 8.23. The van der Waals surface area contributed by atoms with Crippen LogP contribution in [0.15, 0.2) is 4.99 Å². The summed E-state index contributed by atoms with van der Waals surface area (Å²) in [6.07, 6.45) is 0.887. The average Bonchev–Trinajstić information content (AvgIpc) is 2.75. The molecule has 0 aromatic rings. The van der Waals surface area contributed by atoms with Gasteiger partial charge >= 0.3 is 5.97 Å². The molecule has 0 spiro atoms. The number of nitrogens with zero attached hydrogens (tertiary/aromatic N) is 1. The molecule has 0 aliphatic heterocycles. The van der Waals surface area contributed by atoms with Crippen molar-refractivity contribution in [3.05, 3.63) is 0 Å². The van der Waals surface area contributed by atoms with E-state index in [-0.39, 0.29) is 30.8 Å². The van der Waals surface area contributed by atoms with Crippen molar-refractivity contribution >= 4 is 29.7 Å². The van der Waals surface area contributed by atoms with Crippen molar-refractivity contribution in [2.45, 2.75) is 71.1 Å². The second kappa shape index (κ2) is 15.0. The Morgan fingerprint density at radius 3 is 1.94 bits per heavy atom. The Morgan fingerprint density at radius 1 is 0.939 bits per heavy atom. The van der Waals surface area contributed by atoms with E-state index in [2.05, 4.69) is 20.9 Å². The predicted molar refractivity (Wildman–Crippen MR) is 123 cm³/mol. The van der Waals surface area contributed by atoms with Crippen molar-refractivity contribution in [3.63, 3.8) is 0 Å². The van der Waals surface area contributed by atoms with Crippen LogP contribution in [0, 0.1) is 11.8 Å².